The summed E-state index contributed by atoms with van der Waals surface area (Å²) in [5.74, 6) is 0.203. The second kappa shape index (κ2) is 5.01. The average Bonchev–Trinajstić information content (AvgIpc) is 2.32. The normalized spacial score (nSPS) is 9.94. The average molecular weight is 293 g/mol. The topological polar surface area (TPSA) is 46.5 Å². The van der Waals surface area contributed by atoms with Crippen LogP contribution in [0.4, 0.5) is 0 Å². The summed E-state index contributed by atoms with van der Waals surface area (Å²) in [7, 11) is 0. The molecule has 4 heteroatoms. The van der Waals surface area contributed by atoms with Crippen molar-refractivity contribution in [3.8, 4) is 11.5 Å². The molecular weight excluding hydrogens is 284 g/mol. The van der Waals surface area contributed by atoms with E-state index in [-0.39, 0.29) is 5.56 Å². The van der Waals surface area contributed by atoms with E-state index in [0.29, 0.717) is 11.5 Å². The number of carbonyl (C=O) groups is 1. The minimum Gasteiger partial charge on any atom is -0.478 e. The number of benzene rings is 2. The lowest BCUT2D eigenvalue weighted by Gasteiger charge is -2.06. The summed E-state index contributed by atoms with van der Waals surface area (Å²) < 4.78 is 6.50. The zero-order valence-electron chi connectivity index (χ0n) is 8.76. The molecule has 0 radical (unpaired) electrons. The van der Waals surface area contributed by atoms with Crippen molar-refractivity contribution in [2.75, 3.05) is 0 Å². The number of hydrogen-bond acceptors (Lipinski definition) is 2. The lowest BCUT2D eigenvalue weighted by molar-refractivity contribution is 0.0696. The van der Waals surface area contributed by atoms with Crippen molar-refractivity contribution in [2.45, 2.75) is 0 Å². The Hall–Kier alpha value is -1.81. The minimum atomic E-state index is -0.966. The van der Waals surface area contributed by atoms with Crippen LogP contribution in [0.5, 0.6) is 11.5 Å². The molecule has 2 aromatic rings. The summed E-state index contributed by atoms with van der Waals surface area (Å²) in [5, 5.41) is 8.85. The van der Waals surface area contributed by atoms with Gasteiger partial charge in [0.25, 0.3) is 0 Å². The van der Waals surface area contributed by atoms with Gasteiger partial charge < -0.3 is 9.84 Å². The molecule has 86 valence electrons. The van der Waals surface area contributed by atoms with Crippen molar-refractivity contribution in [3.05, 3.63) is 58.6 Å². The van der Waals surface area contributed by atoms with Crippen molar-refractivity contribution in [1.29, 1.82) is 0 Å². The van der Waals surface area contributed by atoms with Gasteiger partial charge >= 0.3 is 5.97 Å². The second-order valence-electron chi connectivity index (χ2n) is 3.39. The van der Waals surface area contributed by atoms with Crippen LogP contribution in [0.1, 0.15) is 10.4 Å². The highest BCUT2D eigenvalue weighted by Crippen LogP contribution is 2.23. The highest BCUT2D eigenvalue weighted by atomic mass is 79.9. The first-order valence-corrected chi connectivity index (χ1v) is 5.71. The third-order valence-corrected chi connectivity index (χ3v) is 2.66. The second-order valence-corrected chi connectivity index (χ2v) is 4.30. The van der Waals surface area contributed by atoms with Crippen molar-refractivity contribution in [2.24, 2.45) is 0 Å². The fraction of sp³-hybridized carbons (Fsp3) is 0. The molecule has 0 saturated carbocycles. The Morgan fingerprint density at radius 1 is 1.06 bits per heavy atom. The fourth-order valence-corrected chi connectivity index (χ4v) is 1.60. The van der Waals surface area contributed by atoms with Gasteiger partial charge in [0.1, 0.15) is 11.5 Å². The molecule has 0 heterocycles. The van der Waals surface area contributed by atoms with Crippen molar-refractivity contribution < 1.29 is 14.6 Å². The van der Waals surface area contributed by atoms with Crippen LogP contribution in [0.25, 0.3) is 0 Å². The molecule has 2 rings (SSSR count). The largest absolute Gasteiger partial charge is 0.478 e. The van der Waals surface area contributed by atoms with Crippen molar-refractivity contribution in [1.82, 2.24) is 0 Å². The number of aromatic carboxylic acids is 1. The number of rotatable bonds is 3. The zero-order valence-corrected chi connectivity index (χ0v) is 10.3. The van der Waals surface area contributed by atoms with E-state index < -0.39 is 5.97 Å². The van der Waals surface area contributed by atoms with Crippen LogP contribution in [0, 0.1) is 0 Å². The van der Waals surface area contributed by atoms with E-state index >= 15 is 0 Å². The first-order valence-electron chi connectivity index (χ1n) is 4.92. The van der Waals surface area contributed by atoms with E-state index in [0.717, 1.165) is 4.47 Å². The number of ether oxygens (including phenoxy) is 1. The van der Waals surface area contributed by atoms with Crippen LogP contribution in [-0.2, 0) is 0 Å². The lowest BCUT2D eigenvalue weighted by Crippen LogP contribution is -1.95. The molecule has 0 saturated heterocycles. The molecule has 0 amide bonds. The Labute approximate surface area is 107 Å². The number of carboxylic acid groups (broad SMARTS) is 1. The molecule has 0 aliphatic carbocycles. The van der Waals surface area contributed by atoms with E-state index in [1.165, 1.54) is 12.1 Å². The number of hydrogen-bond donors (Lipinski definition) is 1. The molecule has 0 aliphatic rings. The molecule has 0 aromatic heterocycles. The van der Waals surface area contributed by atoms with E-state index in [1.807, 2.05) is 12.1 Å². The Morgan fingerprint density at radius 2 is 1.76 bits per heavy atom. The molecule has 2 aromatic carbocycles. The standard InChI is InChI=1S/C13H9BrO3/c14-10-4-6-11(7-5-10)17-12-3-1-2-9(8-12)13(15)16/h1-8H,(H,15,16). The first-order chi connectivity index (χ1) is 8.15. The van der Waals surface area contributed by atoms with Gasteiger partial charge in [-0.25, -0.2) is 4.79 Å². The van der Waals surface area contributed by atoms with Gasteiger partial charge in [0.15, 0.2) is 0 Å². The molecule has 1 N–H and O–H groups in total. The van der Waals surface area contributed by atoms with Crippen LogP contribution >= 0.6 is 15.9 Å². The van der Waals surface area contributed by atoms with Gasteiger partial charge in [0.05, 0.1) is 5.56 Å². The van der Waals surface area contributed by atoms with Crippen LogP contribution in [0.2, 0.25) is 0 Å². The summed E-state index contributed by atoms with van der Waals surface area (Å²) in [6.07, 6.45) is 0. The monoisotopic (exact) mass is 292 g/mol. The van der Waals surface area contributed by atoms with Gasteiger partial charge in [0.2, 0.25) is 0 Å². The van der Waals surface area contributed by atoms with Gasteiger partial charge in [-0.15, -0.1) is 0 Å². The molecular formula is C13H9BrO3. The van der Waals surface area contributed by atoms with Gasteiger partial charge in [-0.3, -0.25) is 0 Å². The molecule has 0 aliphatic heterocycles. The van der Waals surface area contributed by atoms with Crippen molar-refractivity contribution >= 4 is 21.9 Å². The van der Waals surface area contributed by atoms with Gasteiger partial charge in [-0.1, -0.05) is 22.0 Å². The maximum atomic E-state index is 10.8. The summed E-state index contributed by atoms with van der Waals surface area (Å²) >= 11 is 3.33. The highest BCUT2D eigenvalue weighted by Gasteiger charge is 2.04. The third kappa shape index (κ3) is 3.07. The Kier molecular flexibility index (Phi) is 3.44. The molecule has 3 nitrogen and oxygen atoms in total. The highest BCUT2D eigenvalue weighted by molar-refractivity contribution is 9.10. The van der Waals surface area contributed by atoms with Crippen LogP contribution in [0.15, 0.2) is 53.0 Å². The van der Waals surface area contributed by atoms with Crippen molar-refractivity contribution in [3.63, 3.8) is 0 Å². The third-order valence-electron chi connectivity index (χ3n) is 2.13. The van der Waals surface area contributed by atoms with E-state index in [9.17, 15) is 4.79 Å². The number of halogens is 1. The van der Waals surface area contributed by atoms with E-state index in [2.05, 4.69) is 15.9 Å². The summed E-state index contributed by atoms with van der Waals surface area (Å²) in [6, 6.07) is 13.7. The maximum absolute atomic E-state index is 10.8. The summed E-state index contributed by atoms with van der Waals surface area (Å²) in [4.78, 5) is 10.8. The van der Waals surface area contributed by atoms with E-state index in [1.54, 1.807) is 24.3 Å². The van der Waals surface area contributed by atoms with Crippen LogP contribution in [0.3, 0.4) is 0 Å². The lowest BCUT2D eigenvalue weighted by atomic mass is 10.2. The fourth-order valence-electron chi connectivity index (χ4n) is 1.33. The molecule has 0 fully saturated rings. The van der Waals surface area contributed by atoms with E-state index in [4.69, 9.17) is 9.84 Å². The summed E-state index contributed by atoms with van der Waals surface area (Å²) in [6.45, 7) is 0. The number of carboxylic acids is 1. The van der Waals surface area contributed by atoms with Gasteiger partial charge in [-0.2, -0.15) is 0 Å². The first kappa shape index (κ1) is 11.7. The molecule has 17 heavy (non-hydrogen) atoms. The Balaban J connectivity index is 2.21. The molecule has 0 unspecified atom stereocenters. The Morgan fingerprint density at radius 3 is 2.41 bits per heavy atom. The molecule has 0 bridgehead atoms. The Bertz CT molecular complexity index is 535. The maximum Gasteiger partial charge on any atom is 0.335 e. The quantitative estimate of drug-likeness (QED) is 0.932. The van der Waals surface area contributed by atoms with Crippen LogP contribution < -0.4 is 4.74 Å². The SMILES string of the molecule is O=C(O)c1cccc(Oc2ccc(Br)cc2)c1. The van der Waals surface area contributed by atoms with Gasteiger partial charge in [-0.05, 0) is 42.5 Å². The van der Waals surface area contributed by atoms with Gasteiger partial charge in [0, 0.05) is 4.47 Å². The minimum absolute atomic E-state index is 0.208. The van der Waals surface area contributed by atoms with Crippen LogP contribution in [-0.4, -0.2) is 11.1 Å². The summed E-state index contributed by atoms with van der Waals surface area (Å²) in [5.41, 5.74) is 0.208. The predicted molar refractivity (Wildman–Crippen MR) is 67.6 cm³/mol. The predicted octanol–water partition coefficient (Wildman–Crippen LogP) is 3.94. The molecule has 0 spiro atoms. The zero-order chi connectivity index (χ0) is 12.3. The molecule has 0 atom stereocenters. The smallest absolute Gasteiger partial charge is 0.335 e.